The van der Waals surface area contributed by atoms with E-state index in [1.807, 2.05) is 18.2 Å². The Morgan fingerprint density at radius 3 is 2.97 bits per heavy atom. The standard InChI is InChI=1S/C18H17N5O6S2/c1-2-28-14(24)9-31(26,27)18-21-17(22-23-18)20-15(25)12-8-30-16(19-12)11-3-4-13-10(7-11)5-6-29-13/h3-4,7-8H,2,5-6,9H2,1H3,(H2,20,21,22,23,25). The van der Waals surface area contributed by atoms with E-state index >= 15 is 0 Å². The number of aromatic nitrogens is 4. The quantitative estimate of drug-likeness (QED) is 0.496. The van der Waals surface area contributed by atoms with Gasteiger partial charge in [0.1, 0.15) is 16.5 Å². The van der Waals surface area contributed by atoms with Gasteiger partial charge in [-0.05, 0) is 30.7 Å². The van der Waals surface area contributed by atoms with Crippen LogP contribution in [0.5, 0.6) is 5.75 Å². The topological polar surface area (TPSA) is 153 Å². The number of sulfone groups is 1. The van der Waals surface area contributed by atoms with Gasteiger partial charge in [0.2, 0.25) is 20.9 Å². The van der Waals surface area contributed by atoms with Crippen molar-refractivity contribution in [1.82, 2.24) is 20.2 Å². The number of nitrogens with zero attached hydrogens (tertiary/aromatic N) is 3. The zero-order valence-corrected chi connectivity index (χ0v) is 17.9. The normalized spacial score (nSPS) is 12.8. The van der Waals surface area contributed by atoms with Crippen molar-refractivity contribution in [3.8, 4) is 16.3 Å². The van der Waals surface area contributed by atoms with Gasteiger partial charge in [0.25, 0.3) is 5.91 Å². The summed E-state index contributed by atoms with van der Waals surface area (Å²) in [6.45, 7) is 2.27. The molecule has 2 N–H and O–H groups in total. The monoisotopic (exact) mass is 463 g/mol. The molecule has 3 heterocycles. The first-order valence-electron chi connectivity index (χ1n) is 9.19. The maximum absolute atomic E-state index is 12.5. The summed E-state index contributed by atoms with van der Waals surface area (Å²) in [4.78, 5) is 32.0. The Kier molecular flexibility index (Phi) is 5.69. The highest BCUT2D eigenvalue weighted by Gasteiger charge is 2.25. The zero-order valence-electron chi connectivity index (χ0n) is 16.2. The van der Waals surface area contributed by atoms with Gasteiger partial charge in [-0.1, -0.05) is 0 Å². The molecule has 13 heteroatoms. The van der Waals surface area contributed by atoms with Gasteiger partial charge in [-0.2, -0.15) is 4.98 Å². The van der Waals surface area contributed by atoms with E-state index in [-0.39, 0.29) is 18.2 Å². The number of ether oxygens (including phenoxy) is 2. The number of carbonyl (C=O) groups is 2. The molecule has 0 spiro atoms. The first kappa shape index (κ1) is 20.9. The van der Waals surface area contributed by atoms with Crippen molar-refractivity contribution in [2.45, 2.75) is 18.5 Å². The fourth-order valence-electron chi connectivity index (χ4n) is 2.86. The highest BCUT2D eigenvalue weighted by molar-refractivity contribution is 7.91. The summed E-state index contributed by atoms with van der Waals surface area (Å²) >= 11 is 1.30. The number of hydrogen-bond acceptors (Lipinski definition) is 10. The van der Waals surface area contributed by atoms with Crippen molar-refractivity contribution < 1.29 is 27.5 Å². The molecule has 2 aromatic heterocycles. The van der Waals surface area contributed by atoms with Crippen LogP contribution in [0, 0.1) is 0 Å². The third kappa shape index (κ3) is 4.56. The molecule has 11 nitrogen and oxygen atoms in total. The van der Waals surface area contributed by atoms with Gasteiger partial charge in [-0.15, -0.1) is 16.4 Å². The average Bonchev–Trinajstić information content (AvgIpc) is 3.47. The van der Waals surface area contributed by atoms with E-state index in [1.165, 1.54) is 11.3 Å². The molecule has 0 atom stereocenters. The van der Waals surface area contributed by atoms with Crippen LogP contribution in [0.4, 0.5) is 5.95 Å². The van der Waals surface area contributed by atoms with Crippen molar-refractivity contribution in [3.05, 3.63) is 34.8 Å². The molecule has 0 fully saturated rings. The van der Waals surface area contributed by atoms with E-state index in [4.69, 9.17) is 4.74 Å². The third-order valence-corrected chi connectivity index (χ3v) is 6.55. The lowest BCUT2D eigenvalue weighted by molar-refractivity contribution is -0.139. The molecule has 4 rings (SSSR count). The predicted molar refractivity (Wildman–Crippen MR) is 110 cm³/mol. The summed E-state index contributed by atoms with van der Waals surface area (Å²) in [5.74, 6) is -1.78. The number of carbonyl (C=O) groups excluding carboxylic acids is 2. The number of thiazole rings is 1. The molecule has 1 aliphatic rings. The molecule has 1 amide bonds. The molecule has 162 valence electrons. The lowest BCUT2D eigenvalue weighted by atomic mass is 10.1. The summed E-state index contributed by atoms with van der Waals surface area (Å²) < 4.78 is 34.4. The van der Waals surface area contributed by atoms with Crippen molar-refractivity contribution in [2.75, 3.05) is 24.3 Å². The molecular weight excluding hydrogens is 446 g/mol. The van der Waals surface area contributed by atoms with Crippen LogP contribution in [0.15, 0.2) is 28.7 Å². The van der Waals surface area contributed by atoms with Gasteiger partial charge in [0.05, 0.1) is 13.2 Å². The van der Waals surface area contributed by atoms with E-state index in [2.05, 4.69) is 30.2 Å². The fraction of sp³-hybridized carbons (Fsp3) is 0.278. The first-order valence-corrected chi connectivity index (χ1v) is 11.7. The van der Waals surface area contributed by atoms with E-state index in [0.29, 0.717) is 11.6 Å². The van der Waals surface area contributed by atoms with E-state index in [9.17, 15) is 18.0 Å². The summed E-state index contributed by atoms with van der Waals surface area (Å²) in [6, 6.07) is 5.74. The molecule has 1 aliphatic heterocycles. The van der Waals surface area contributed by atoms with Crippen LogP contribution in [0.3, 0.4) is 0 Å². The van der Waals surface area contributed by atoms with Crippen LogP contribution in [0.2, 0.25) is 0 Å². The van der Waals surface area contributed by atoms with Crippen LogP contribution >= 0.6 is 11.3 Å². The van der Waals surface area contributed by atoms with Gasteiger partial charge < -0.3 is 9.47 Å². The Bertz CT molecular complexity index is 1250. The highest BCUT2D eigenvalue weighted by Crippen LogP contribution is 2.32. The van der Waals surface area contributed by atoms with E-state index in [1.54, 1.807) is 12.3 Å². The number of benzene rings is 1. The van der Waals surface area contributed by atoms with Crippen LogP contribution in [0.25, 0.3) is 10.6 Å². The SMILES string of the molecule is CCOC(=O)CS(=O)(=O)c1nc(NC(=O)c2csc(-c3ccc4c(c3)CCO4)n2)n[nH]1. The molecule has 31 heavy (non-hydrogen) atoms. The lowest BCUT2D eigenvalue weighted by Gasteiger charge is -2.01. The summed E-state index contributed by atoms with van der Waals surface area (Å²) in [5.41, 5.74) is 2.10. The molecule has 0 saturated carbocycles. The minimum Gasteiger partial charge on any atom is -0.493 e. The second kappa shape index (κ2) is 8.43. The number of aromatic amines is 1. The van der Waals surface area contributed by atoms with E-state index < -0.39 is 32.6 Å². The number of fused-ring (bicyclic) bond motifs is 1. The Morgan fingerprint density at radius 2 is 2.16 bits per heavy atom. The van der Waals surface area contributed by atoms with Gasteiger partial charge in [-0.25, -0.2) is 18.5 Å². The predicted octanol–water partition coefficient (Wildman–Crippen LogP) is 1.45. The maximum Gasteiger partial charge on any atom is 0.321 e. The van der Waals surface area contributed by atoms with Crippen molar-refractivity contribution in [1.29, 1.82) is 0 Å². The fourth-order valence-corrected chi connectivity index (χ4v) is 4.60. The Labute approximate surface area is 180 Å². The Morgan fingerprint density at radius 1 is 1.32 bits per heavy atom. The molecule has 3 aromatic rings. The van der Waals surface area contributed by atoms with Crippen LogP contribution in [0.1, 0.15) is 23.0 Å². The second-order valence-electron chi connectivity index (χ2n) is 6.44. The molecule has 0 bridgehead atoms. The molecule has 1 aromatic carbocycles. The largest absolute Gasteiger partial charge is 0.493 e. The maximum atomic E-state index is 12.5. The van der Waals surface area contributed by atoms with Crippen molar-refractivity contribution in [2.24, 2.45) is 0 Å². The Balaban J connectivity index is 1.44. The summed E-state index contributed by atoms with van der Waals surface area (Å²) in [5, 5.41) is 9.96. The Hall–Kier alpha value is -3.32. The summed E-state index contributed by atoms with van der Waals surface area (Å²) in [7, 11) is -4.08. The van der Waals surface area contributed by atoms with Crippen LogP contribution in [-0.4, -0.2) is 59.4 Å². The van der Waals surface area contributed by atoms with Gasteiger partial charge in [0.15, 0.2) is 5.75 Å². The van der Waals surface area contributed by atoms with Crippen LogP contribution in [-0.2, 0) is 25.8 Å². The number of anilines is 1. The zero-order chi connectivity index (χ0) is 22.0. The minimum atomic E-state index is -4.08. The number of H-pyrrole nitrogens is 1. The molecular formula is C18H17N5O6S2. The van der Waals surface area contributed by atoms with Gasteiger partial charge in [0, 0.05) is 17.4 Å². The van der Waals surface area contributed by atoms with Gasteiger partial charge in [-0.3, -0.25) is 14.9 Å². The van der Waals surface area contributed by atoms with Gasteiger partial charge >= 0.3 is 5.97 Å². The number of amides is 1. The van der Waals surface area contributed by atoms with E-state index in [0.717, 1.165) is 23.3 Å². The number of rotatable bonds is 7. The second-order valence-corrected chi connectivity index (χ2v) is 9.20. The smallest absolute Gasteiger partial charge is 0.321 e. The summed E-state index contributed by atoms with van der Waals surface area (Å²) in [6.07, 6.45) is 0.828. The number of hydrogen-bond donors (Lipinski definition) is 2. The van der Waals surface area contributed by atoms with Crippen molar-refractivity contribution in [3.63, 3.8) is 0 Å². The third-order valence-electron chi connectivity index (χ3n) is 4.27. The molecule has 0 aliphatic carbocycles. The number of nitrogens with one attached hydrogen (secondary N) is 2. The van der Waals surface area contributed by atoms with Crippen molar-refractivity contribution >= 4 is 39.0 Å². The molecule has 0 radical (unpaired) electrons. The minimum absolute atomic E-state index is 0.0565. The average molecular weight is 463 g/mol. The molecule has 0 saturated heterocycles. The highest BCUT2D eigenvalue weighted by atomic mass is 32.2. The first-order chi connectivity index (χ1) is 14.9. The lowest BCUT2D eigenvalue weighted by Crippen LogP contribution is -2.19. The molecule has 0 unspecified atom stereocenters. The number of esters is 1. The van der Waals surface area contributed by atoms with Crippen LogP contribution < -0.4 is 10.1 Å².